The van der Waals surface area contributed by atoms with Crippen molar-refractivity contribution in [2.24, 2.45) is 0 Å². The Hall–Kier alpha value is -7.68. The lowest BCUT2D eigenvalue weighted by atomic mass is 9.90. The van der Waals surface area contributed by atoms with E-state index in [0.29, 0.717) is 0 Å². The Bertz CT molecular complexity index is 3250. The highest BCUT2D eigenvalue weighted by Gasteiger charge is 2.20. The van der Waals surface area contributed by atoms with Crippen molar-refractivity contribution in [2.75, 3.05) is 4.90 Å². The Morgan fingerprint density at radius 2 is 0.759 bits per heavy atom. The average molecular weight is 740 g/mol. The molecule has 1 aromatic heterocycles. The van der Waals surface area contributed by atoms with Gasteiger partial charge in [-0.05, 0) is 127 Å². The third-order valence-electron chi connectivity index (χ3n) is 11.5. The van der Waals surface area contributed by atoms with Gasteiger partial charge >= 0.3 is 0 Å². The average Bonchev–Trinajstić information content (AvgIpc) is 3.69. The minimum atomic E-state index is 0.867. The lowest BCUT2D eigenvalue weighted by Crippen LogP contribution is -2.10. The summed E-state index contributed by atoms with van der Waals surface area (Å²) in [5, 5.41) is 7.12. The summed E-state index contributed by atoms with van der Waals surface area (Å²) < 4.78 is 6.40. The number of anilines is 3. The highest BCUT2D eigenvalue weighted by molar-refractivity contribution is 6.13. The van der Waals surface area contributed by atoms with Crippen LogP contribution in [0.3, 0.4) is 0 Å². The minimum absolute atomic E-state index is 0.867. The predicted octanol–water partition coefficient (Wildman–Crippen LogP) is 16.0. The normalized spacial score (nSPS) is 11.4. The summed E-state index contributed by atoms with van der Waals surface area (Å²) in [6.45, 7) is 0. The van der Waals surface area contributed by atoms with E-state index >= 15 is 0 Å². The van der Waals surface area contributed by atoms with Crippen LogP contribution in [0.1, 0.15) is 0 Å². The Balaban J connectivity index is 1.03. The molecule has 0 atom stereocenters. The van der Waals surface area contributed by atoms with Gasteiger partial charge in [0.1, 0.15) is 11.2 Å². The summed E-state index contributed by atoms with van der Waals surface area (Å²) in [6.07, 6.45) is 0. The van der Waals surface area contributed by atoms with Crippen LogP contribution in [0.2, 0.25) is 0 Å². The van der Waals surface area contributed by atoms with Crippen LogP contribution in [0, 0.1) is 0 Å². The van der Waals surface area contributed by atoms with Crippen LogP contribution in [0.5, 0.6) is 0 Å². The number of furan rings is 1. The minimum Gasteiger partial charge on any atom is -0.456 e. The van der Waals surface area contributed by atoms with Crippen LogP contribution in [0.15, 0.2) is 229 Å². The zero-order valence-corrected chi connectivity index (χ0v) is 31.7. The molecule has 58 heavy (non-hydrogen) atoms. The maximum Gasteiger partial charge on any atom is 0.137 e. The van der Waals surface area contributed by atoms with Gasteiger partial charge in [-0.25, -0.2) is 0 Å². The third kappa shape index (κ3) is 6.00. The molecule has 11 rings (SSSR count). The van der Waals surface area contributed by atoms with Gasteiger partial charge in [-0.3, -0.25) is 0 Å². The lowest BCUT2D eigenvalue weighted by Gasteiger charge is -2.27. The first-order chi connectivity index (χ1) is 28.7. The lowest BCUT2D eigenvalue weighted by molar-refractivity contribution is 0.669. The van der Waals surface area contributed by atoms with Gasteiger partial charge < -0.3 is 9.32 Å². The molecule has 2 heteroatoms. The molecule has 0 fully saturated rings. The van der Waals surface area contributed by atoms with E-state index in [4.69, 9.17) is 4.42 Å². The zero-order valence-electron chi connectivity index (χ0n) is 31.7. The zero-order chi connectivity index (χ0) is 38.4. The number of para-hydroxylation sites is 1. The molecule has 272 valence electrons. The van der Waals surface area contributed by atoms with Gasteiger partial charge in [0.15, 0.2) is 0 Å². The van der Waals surface area contributed by atoms with E-state index in [1.165, 1.54) is 66.1 Å². The smallest absolute Gasteiger partial charge is 0.137 e. The molecule has 11 aromatic rings. The summed E-state index contributed by atoms with van der Waals surface area (Å²) in [4.78, 5) is 2.36. The van der Waals surface area contributed by atoms with Crippen molar-refractivity contribution in [1.29, 1.82) is 0 Å². The topological polar surface area (TPSA) is 16.4 Å². The van der Waals surface area contributed by atoms with E-state index in [1.54, 1.807) is 0 Å². The molecule has 0 spiro atoms. The second-order valence-corrected chi connectivity index (χ2v) is 14.9. The van der Waals surface area contributed by atoms with Crippen molar-refractivity contribution in [2.45, 2.75) is 0 Å². The molecule has 0 amide bonds. The molecule has 0 unspecified atom stereocenters. The standard InChI is InChI=1S/C56H37NO/c1-2-11-38(12-3-1)40-21-23-41(24-22-40)42-27-31-48(32-28-42)57(53-18-10-20-55-56(53)50-17-8-9-19-54(50)58-55)49-33-29-43(30-34-49)51-36-45-15-6-7-16-46(45)37-52(51)47-26-25-39-13-4-5-14-44(39)35-47/h1-37H. The Morgan fingerprint density at radius 3 is 1.41 bits per heavy atom. The monoisotopic (exact) mass is 739 g/mol. The summed E-state index contributed by atoms with van der Waals surface area (Å²) in [7, 11) is 0. The van der Waals surface area contributed by atoms with Gasteiger partial charge in [-0.2, -0.15) is 0 Å². The van der Waals surface area contributed by atoms with Gasteiger partial charge in [0.2, 0.25) is 0 Å². The summed E-state index contributed by atoms with van der Waals surface area (Å²) in [5.74, 6) is 0. The molecule has 0 N–H and O–H groups in total. The van der Waals surface area contributed by atoms with Crippen molar-refractivity contribution in [3.05, 3.63) is 224 Å². The Kier molecular flexibility index (Phi) is 8.19. The predicted molar refractivity (Wildman–Crippen MR) is 245 cm³/mol. The van der Waals surface area contributed by atoms with Crippen molar-refractivity contribution in [3.63, 3.8) is 0 Å². The number of hydrogen-bond acceptors (Lipinski definition) is 2. The maximum absolute atomic E-state index is 6.40. The van der Waals surface area contributed by atoms with Gasteiger partial charge in [-0.15, -0.1) is 0 Å². The molecule has 0 saturated carbocycles. The highest BCUT2D eigenvalue weighted by atomic mass is 16.3. The number of fused-ring (bicyclic) bond motifs is 5. The summed E-state index contributed by atoms with van der Waals surface area (Å²) in [5.41, 5.74) is 14.5. The quantitative estimate of drug-likeness (QED) is 0.162. The van der Waals surface area contributed by atoms with Gasteiger partial charge in [-0.1, -0.05) is 164 Å². The van der Waals surface area contributed by atoms with Crippen LogP contribution in [0.25, 0.3) is 88.0 Å². The third-order valence-corrected chi connectivity index (χ3v) is 11.5. The first-order valence-corrected chi connectivity index (χ1v) is 19.8. The fourth-order valence-corrected chi connectivity index (χ4v) is 8.52. The van der Waals surface area contributed by atoms with Gasteiger partial charge in [0.25, 0.3) is 0 Å². The molecule has 0 radical (unpaired) electrons. The first kappa shape index (κ1) is 33.6. The molecule has 10 aromatic carbocycles. The second kappa shape index (κ2) is 14.1. The molecular formula is C56H37NO. The molecule has 1 heterocycles. The van der Waals surface area contributed by atoms with E-state index in [0.717, 1.165) is 39.0 Å². The maximum atomic E-state index is 6.40. The molecular weight excluding hydrogens is 703 g/mol. The van der Waals surface area contributed by atoms with E-state index in [2.05, 4.69) is 217 Å². The van der Waals surface area contributed by atoms with Crippen LogP contribution in [-0.4, -0.2) is 0 Å². The van der Waals surface area contributed by atoms with E-state index in [1.807, 2.05) is 12.1 Å². The van der Waals surface area contributed by atoms with Crippen LogP contribution >= 0.6 is 0 Å². The molecule has 2 nitrogen and oxygen atoms in total. The van der Waals surface area contributed by atoms with Crippen molar-refractivity contribution in [3.8, 4) is 44.5 Å². The first-order valence-electron chi connectivity index (χ1n) is 19.8. The summed E-state index contributed by atoms with van der Waals surface area (Å²) >= 11 is 0. The largest absolute Gasteiger partial charge is 0.456 e. The number of rotatable bonds is 7. The molecule has 0 aliphatic heterocycles. The highest BCUT2D eigenvalue weighted by Crippen LogP contribution is 2.44. The molecule has 0 aliphatic carbocycles. The number of nitrogens with zero attached hydrogens (tertiary/aromatic N) is 1. The van der Waals surface area contributed by atoms with Crippen LogP contribution in [-0.2, 0) is 0 Å². The van der Waals surface area contributed by atoms with E-state index in [9.17, 15) is 0 Å². The Labute approximate surface area is 337 Å². The van der Waals surface area contributed by atoms with Gasteiger partial charge in [0, 0.05) is 16.8 Å². The van der Waals surface area contributed by atoms with Crippen LogP contribution in [0.4, 0.5) is 17.1 Å². The molecule has 0 aliphatic rings. The van der Waals surface area contributed by atoms with E-state index < -0.39 is 0 Å². The van der Waals surface area contributed by atoms with E-state index in [-0.39, 0.29) is 0 Å². The molecule has 0 saturated heterocycles. The van der Waals surface area contributed by atoms with Crippen LogP contribution < -0.4 is 4.90 Å². The SMILES string of the molecule is c1ccc(-c2ccc(-c3ccc(N(c4ccc(-c5cc6ccccc6cc5-c5ccc6ccccc6c5)cc4)c4cccc5oc6ccccc6c45)cc3)cc2)cc1. The van der Waals surface area contributed by atoms with Gasteiger partial charge in [0.05, 0.1) is 11.1 Å². The number of benzene rings is 10. The fraction of sp³-hybridized carbons (Fsp3) is 0. The van der Waals surface area contributed by atoms with Crippen molar-refractivity contribution in [1.82, 2.24) is 0 Å². The second-order valence-electron chi connectivity index (χ2n) is 14.9. The van der Waals surface area contributed by atoms with Crippen molar-refractivity contribution >= 4 is 60.5 Å². The molecule has 0 bridgehead atoms. The number of hydrogen-bond donors (Lipinski definition) is 0. The summed E-state index contributed by atoms with van der Waals surface area (Å²) in [6, 6.07) is 80.7. The fourth-order valence-electron chi connectivity index (χ4n) is 8.52. The Morgan fingerprint density at radius 1 is 0.293 bits per heavy atom. The van der Waals surface area contributed by atoms with Crippen molar-refractivity contribution < 1.29 is 4.42 Å².